The summed E-state index contributed by atoms with van der Waals surface area (Å²) in [6, 6.07) is 0.290. The molecule has 0 unspecified atom stereocenters. The summed E-state index contributed by atoms with van der Waals surface area (Å²) in [5, 5.41) is 2.39. The molecule has 1 rings (SSSR count). The monoisotopic (exact) mass is 184 g/mol. The van der Waals surface area contributed by atoms with Gasteiger partial charge in [0.05, 0.1) is 11.2 Å². The number of thiocarbonyl (C=S) groups is 1. The highest BCUT2D eigenvalue weighted by Crippen LogP contribution is 2.12. The minimum absolute atomic E-state index is 0.153. The van der Waals surface area contributed by atoms with Crippen molar-refractivity contribution in [3.63, 3.8) is 0 Å². The Kier molecular flexibility index (Phi) is 3.38. The van der Waals surface area contributed by atoms with Crippen molar-refractivity contribution in [1.82, 2.24) is 4.90 Å². The van der Waals surface area contributed by atoms with E-state index in [9.17, 15) is 4.79 Å². The van der Waals surface area contributed by atoms with Gasteiger partial charge in [-0.05, 0) is 25.1 Å². The van der Waals surface area contributed by atoms with Gasteiger partial charge in [-0.2, -0.15) is 0 Å². The normalized spacial score (nSPS) is 18.6. The zero-order valence-corrected chi connectivity index (χ0v) is 7.93. The Morgan fingerprint density at radius 2 is 2.17 bits per heavy atom. The fraction of sp³-hybridized carbons (Fsp3) is 0.750. The van der Waals surface area contributed by atoms with Crippen LogP contribution in [0.3, 0.4) is 0 Å². The fourth-order valence-corrected chi connectivity index (χ4v) is 1.53. The molecular weight excluding hydrogens is 172 g/mol. The molecule has 0 aromatic rings. The number of carbonyl (C=O) groups excluding carboxylic acids is 1. The number of aliphatic imine (C=N–C) groups is 1. The molecule has 0 aromatic carbocycles. The fourth-order valence-electron chi connectivity index (χ4n) is 1.38. The maximum absolute atomic E-state index is 10.9. The first-order valence-electron chi connectivity index (χ1n) is 4.06. The van der Waals surface area contributed by atoms with Gasteiger partial charge < -0.3 is 4.90 Å². The predicted molar refractivity (Wildman–Crippen MR) is 50.3 cm³/mol. The topological polar surface area (TPSA) is 32.7 Å². The van der Waals surface area contributed by atoms with Crippen LogP contribution in [0.25, 0.3) is 0 Å². The molecule has 1 aliphatic heterocycles. The highest BCUT2D eigenvalue weighted by molar-refractivity contribution is 7.78. The molecule has 3 nitrogen and oxygen atoms in total. The molecular formula is C8H12N2OS. The van der Waals surface area contributed by atoms with Crippen LogP contribution in [0.2, 0.25) is 0 Å². The van der Waals surface area contributed by atoms with Gasteiger partial charge >= 0.3 is 0 Å². The summed E-state index contributed by atoms with van der Waals surface area (Å²) >= 11 is 4.52. The molecule has 0 N–H and O–H groups in total. The molecule has 4 heteroatoms. The second kappa shape index (κ2) is 4.33. The van der Waals surface area contributed by atoms with Crippen LogP contribution in [0.5, 0.6) is 0 Å². The summed E-state index contributed by atoms with van der Waals surface area (Å²) in [7, 11) is 0. The summed E-state index contributed by atoms with van der Waals surface area (Å²) in [4.78, 5) is 16.8. The molecule has 1 saturated heterocycles. The Labute approximate surface area is 77.5 Å². The number of rotatable bonds is 1. The smallest absolute Gasteiger partial charge is 0.219 e. The standard InChI is InChI=1S/C8H12N2OS/c1-7(11)10-4-2-8(3-5-10)9-6-12/h8H,2-5H2,1H3. The summed E-state index contributed by atoms with van der Waals surface area (Å²) in [5.41, 5.74) is 0. The quantitative estimate of drug-likeness (QED) is 0.451. The molecule has 0 saturated carbocycles. The molecule has 1 amide bonds. The predicted octanol–water partition coefficient (Wildman–Crippen LogP) is 1.10. The number of hydrogen-bond acceptors (Lipinski definition) is 3. The van der Waals surface area contributed by atoms with Crippen LogP contribution in [0, 0.1) is 0 Å². The third-order valence-electron chi connectivity index (χ3n) is 2.15. The van der Waals surface area contributed by atoms with E-state index < -0.39 is 0 Å². The number of likely N-dealkylation sites (tertiary alicyclic amines) is 1. The van der Waals surface area contributed by atoms with E-state index in [1.165, 1.54) is 0 Å². The largest absolute Gasteiger partial charge is 0.343 e. The summed E-state index contributed by atoms with van der Waals surface area (Å²) in [5.74, 6) is 0.153. The van der Waals surface area contributed by atoms with Crippen molar-refractivity contribution in [2.45, 2.75) is 25.8 Å². The number of nitrogens with zero attached hydrogens (tertiary/aromatic N) is 2. The van der Waals surface area contributed by atoms with Crippen molar-refractivity contribution >= 4 is 23.3 Å². The lowest BCUT2D eigenvalue weighted by Crippen LogP contribution is -2.38. The van der Waals surface area contributed by atoms with Crippen LogP contribution >= 0.6 is 12.2 Å². The molecule has 66 valence electrons. The van der Waals surface area contributed by atoms with Gasteiger partial charge in [-0.1, -0.05) is 0 Å². The van der Waals surface area contributed by atoms with Crippen molar-refractivity contribution in [1.29, 1.82) is 0 Å². The van der Waals surface area contributed by atoms with Crippen molar-refractivity contribution < 1.29 is 4.79 Å². The van der Waals surface area contributed by atoms with Crippen molar-refractivity contribution in [2.75, 3.05) is 13.1 Å². The van der Waals surface area contributed by atoms with E-state index >= 15 is 0 Å². The van der Waals surface area contributed by atoms with Crippen molar-refractivity contribution in [3.8, 4) is 0 Å². The molecule has 0 aromatic heterocycles. The Morgan fingerprint density at radius 1 is 1.58 bits per heavy atom. The SMILES string of the molecule is CC(=O)N1CCC(N=C=S)CC1. The molecule has 1 fully saturated rings. The van der Waals surface area contributed by atoms with Gasteiger partial charge in [-0.15, -0.1) is 0 Å². The highest BCUT2D eigenvalue weighted by Gasteiger charge is 2.19. The van der Waals surface area contributed by atoms with Crippen LogP contribution in [0.1, 0.15) is 19.8 Å². The van der Waals surface area contributed by atoms with Gasteiger partial charge in [-0.3, -0.25) is 4.79 Å². The van der Waals surface area contributed by atoms with E-state index in [2.05, 4.69) is 22.4 Å². The molecule has 0 radical (unpaired) electrons. The number of hydrogen-bond donors (Lipinski definition) is 0. The van der Waals surface area contributed by atoms with Gasteiger partial charge in [0.2, 0.25) is 5.91 Å². The van der Waals surface area contributed by atoms with Gasteiger partial charge in [0.25, 0.3) is 0 Å². The van der Waals surface area contributed by atoms with Crippen molar-refractivity contribution in [2.24, 2.45) is 4.99 Å². The first kappa shape index (κ1) is 9.36. The molecule has 0 spiro atoms. The zero-order valence-electron chi connectivity index (χ0n) is 7.12. The van der Waals surface area contributed by atoms with E-state index in [1.54, 1.807) is 6.92 Å². The van der Waals surface area contributed by atoms with Crippen LogP contribution in [-0.4, -0.2) is 35.1 Å². The Hall–Kier alpha value is -0.730. The molecule has 0 bridgehead atoms. The number of amides is 1. The van der Waals surface area contributed by atoms with Gasteiger partial charge in [0.1, 0.15) is 0 Å². The Bertz CT molecular complexity index is 205. The van der Waals surface area contributed by atoms with E-state index in [0.29, 0.717) is 0 Å². The average Bonchev–Trinajstić information content (AvgIpc) is 2.06. The van der Waals surface area contributed by atoms with E-state index in [4.69, 9.17) is 0 Å². The maximum atomic E-state index is 10.9. The minimum Gasteiger partial charge on any atom is -0.343 e. The van der Waals surface area contributed by atoms with Crippen LogP contribution in [0.4, 0.5) is 0 Å². The molecule has 1 heterocycles. The maximum Gasteiger partial charge on any atom is 0.219 e. The van der Waals surface area contributed by atoms with Crippen molar-refractivity contribution in [3.05, 3.63) is 0 Å². The second-order valence-corrected chi connectivity index (χ2v) is 3.14. The van der Waals surface area contributed by atoms with E-state index in [-0.39, 0.29) is 11.9 Å². The number of isothiocyanates is 1. The molecule has 0 atom stereocenters. The lowest BCUT2D eigenvalue weighted by molar-refractivity contribution is -0.129. The highest BCUT2D eigenvalue weighted by atomic mass is 32.1. The summed E-state index contributed by atoms with van der Waals surface area (Å²) in [6.07, 6.45) is 1.84. The third kappa shape index (κ3) is 2.40. The van der Waals surface area contributed by atoms with Crippen LogP contribution in [-0.2, 0) is 4.79 Å². The second-order valence-electron chi connectivity index (χ2n) is 2.96. The summed E-state index contributed by atoms with van der Waals surface area (Å²) < 4.78 is 0. The molecule has 0 aliphatic carbocycles. The lowest BCUT2D eigenvalue weighted by atomic mass is 10.1. The van der Waals surface area contributed by atoms with E-state index in [1.807, 2.05) is 4.90 Å². The van der Waals surface area contributed by atoms with Gasteiger partial charge in [-0.25, -0.2) is 4.99 Å². The minimum atomic E-state index is 0.153. The van der Waals surface area contributed by atoms with Gasteiger partial charge in [0.15, 0.2) is 0 Å². The first-order valence-corrected chi connectivity index (χ1v) is 4.47. The van der Waals surface area contributed by atoms with Crippen LogP contribution < -0.4 is 0 Å². The average molecular weight is 184 g/mol. The third-order valence-corrected chi connectivity index (χ3v) is 2.25. The zero-order chi connectivity index (χ0) is 8.97. The number of carbonyl (C=O) groups is 1. The first-order chi connectivity index (χ1) is 5.74. The Balaban J connectivity index is 2.39. The summed E-state index contributed by atoms with van der Waals surface area (Å²) in [6.45, 7) is 3.21. The van der Waals surface area contributed by atoms with Crippen LogP contribution in [0.15, 0.2) is 4.99 Å². The molecule has 12 heavy (non-hydrogen) atoms. The Morgan fingerprint density at radius 3 is 2.58 bits per heavy atom. The van der Waals surface area contributed by atoms with Gasteiger partial charge in [0, 0.05) is 20.0 Å². The number of piperidine rings is 1. The van der Waals surface area contributed by atoms with E-state index in [0.717, 1.165) is 25.9 Å². The molecule has 1 aliphatic rings. The lowest BCUT2D eigenvalue weighted by Gasteiger charge is -2.28.